The molecular weight excluding hydrogens is 540 g/mol. The van der Waals surface area contributed by atoms with Gasteiger partial charge in [0.05, 0.1) is 16.9 Å². The van der Waals surface area contributed by atoms with Crippen LogP contribution >= 0.6 is 0 Å². The van der Waals surface area contributed by atoms with Gasteiger partial charge in [0.2, 0.25) is 0 Å². The first-order valence-corrected chi connectivity index (χ1v) is 17.6. The Bertz CT molecular complexity index is 1350. The number of hydrogen-bond donors (Lipinski definition) is 0. The molecule has 0 radical (unpaired) electrons. The Kier molecular flexibility index (Phi) is 9.18. The van der Waals surface area contributed by atoms with Crippen molar-refractivity contribution in [1.29, 1.82) is 0 Å². The summed E-state index contributed by atoms with van der Waals surface area (Å²) >= 11 is 0. The molecule has 4 heteroatoms. The minimum absolute atomic E-state index is 0.0350. The van der Waals surface area contributed by atoms with Crippen molar-refractivity contribution < 1.29 is 9.53 Å². The second-order valence-electron chi connectivity index (χ2n) is 15.6. The van der Waals surface area contributed by atoms with Crippen LogP contribution in [0.15, 0.2) is 76.5 Å². The summed E-state index contributed by atoms with van der Waals surface area (Å²) in [7, 11) is 0. The maximum absolute atomic E-state index is 13.1. The third-order valence-corrected chi connectivity index (χ3v) is 12.7. The fourth-order valence-electron chi connectivity index (χ4n) is 10.2. The first-order chi connectivity index (χ1) is 21.2. The molecule has 8 atom stereocenters. The summed E-state index contributed by atoms with van der Waals surface area (Å²) in [5.41, 5.74) is 4.46. The molecule has 3 saturated carbocycles. The predicted octanol–water partition coefficient (Wildman–Crippen LogP) is 11.7. The maximum atomic E-state index is 13.1. The van der Waals surface area contributed by atoms with Crippen LogP contribution in [0.4, 0.5) is 11.4 Å². The van der Waals surface area contributed by atoms with E-state index >= 15 is 0 Å². The van der Waals surface area contributed by atoms with E-state index in [1.165, 1.54) is 51.4 Å². The SMILES string of the molecule is CC(C)CCC[C@@H](C)[C@H]1CC[C@H]2[C@@H]3CC=C4C[C@@H](OC(=O)c5ccc(/N=N/c6ccccc6)cc5)CC[C@]4(C)[C@H]3CC[C@]12C. The summed E-state index contributed by atoms with van der Waals surface area (Å²) < 4.78 is 6.12. The molecule has 4 aliphatic carbocycles. The van der Waals surface area contributed by atoms with Crippen molar-refractivity contribution in [2.24, 2.45) is 56.6 Å². The lowest BCUT2D eigenvalue weighted by atomic mass is 9.47. The number of carbonyl (C=O) groups excluding carboxylic acids is 1. The zero-order chi connectivity index (χ0) is 30.9. The highest BCUT2D eigenvalue weighted by atomic mass is 16.5. The minimum atomic E-state index is -0.229. The van der Waals surface area contributed by atoms with Crippen molar-refractivity contribution in [2.75, 3.05) is 0 Å². The molecule has 0 aliphatic heterocycles. The lowest BCUT2D eigenvalue weighted by Crippen LogP contribution is -2.51. The number of carbonyl (C=O) groups is 1. The largest absolute Gasteiger partial charge is 0.458 e. The Morgan fingerprint density at radius 3 is 2.32 bits per heavy atom. The molecule has 2 aromatic rings. The summed E-state index contributed by atoms with van der Waals surface area (Å²) in [6, 6.07) is 16.9. The molecule has 44 heavy (non-hydrogen) atoms. The van der Waals surface area contributed by atoms with Crippen molar-refractivity contribution in [2.45, 2.75) is 111 Å². The van der Waals surface area contributed by atoms with Gasteiger partial charge in [-0.15, -0.1) is 0 Å². The Morgan fingerprint density at radius 2 is 1.59 bits per heavy atom. The number of fused-ring (bicyclic) bond motifs is 5. The van der Waals surface area contributed by atoms with Crippen LogP contribution in [0, 0.1) is 46.3 Å². The van der Waals surface area contributed by atoms with E-state index in [0.29, 0.717) is 11.0 Å². The van der Waals surface area contributed by atoms with Crippen molar-refractivity contribution in [1.82, 2.24) is 0 Å². The molecule has 4 nitrogen and oxygen atoms in total. The molecule has 4 aliphatic rings. The van der Waals surface area contributed by atoms with Gasteiger partial charge in [-0.1, -0.05) is 83.7 Å². The smallest absolute Gasteiger partial charge is 0.338 e. The Hall–Kier alpha value is -2.75. The standard InChI is InChI=1S/C40H54N2O2/c1-27(2)10-9-11-28(3)35-20-21-36-34-19-16-30-26-33(22-24-39(30,4)37(34)23-25-40(35,36)5)44-38(43)29-14-17-32(18-15-29)42-41-31-12-7-6-8-13-31/h6-8,12-18,27-28,33-37H,9-11,19-26H2,1-5H3/b42-41+/t28-,33+,34+,35-,36+,37+,39+,40-/m1/s1. The summed E-state index contributed by atoms with van der Waals surface area (Å²) in [5.74, 6) is 4.82. The molecule has 0 heterocycles. The molecule has 0 amide bonds. The first-order valence-electron chi connectivity index (χ1n) is 17.6. The number of benzene rings is 2. The lowest BCUT2D eigenvalue weighted by Gasteiger charge is -2.58. The molecular formula is C40H54N2O2. The molecule has 3 fully saturated rings. The summed E-state index contributed by atoms with van der Waals surface area (Å²) in [6.45, 7) is 12.5. The van der Waals surface area contributed by atoms with Crippen LogP contribution in [0.1, 0.15) is 116 Å². The van der Waals surface area contributed by atoms with Gasteiger partial charge in [0.1, 0.15) is 6.10 Å². The number of esters is 1. The van der Waals surface area contributed by atoms with Crippen LogP contribution in [-0.2, 0) is 4.74 Å². The van der Waals surface area contributed by atoms with E-state index in [0.717, 1.165) is 66.1 Å². The number of azo groups is 1. The fourth-order valence-corrected chi connectivity index (χ4v) is 10.2. The fraction of sp³-hybridized carbons (Fsp3) is 0.625. The summed E-state index contributed by atoms with van der Waals surface area (Å²) in [5, 5.41) is 8.57. The normalized spacial score (nSPS) is 33.8. The van der Waals surface area contributed by atoms with Crippen molar-refractivity contribution in [3.63, 3.8) is 0 Å². The number of rotatable bonds is 9. The third kappa shape index (κ3) is 6.20. The highest BCUT2D eigenvalue weighted by Crippen LogP contribution is 2.67. The highest BCUT2D eigenvalue weighted by molar-refractivity contribution is 5.89. The van der Waals surface area contributed by atoms with Gasteiger partial charge >= 0.3 is 5.97 Å². The van der Waals surface area contributed by atoms with Gasteiger partial charge in [-0.05, 0) is 128 Å². The van der Waals surface area contributed by atoms with E-state index < -0.39 is 0 Å². The molecule has 0 unspecified atom stereocenters. The number of hydrogen-bond acceptors (Lipinski definition) is 4. The average molecular weight is 595 g/mol. The molecule has 0 saturated heterocycles. The molecule has 2 aromatic carbocycles. The van der Waals surface area contributed by atoms with Gasteiger partial charge in [0, 0.05) is 6.42 Å². The van der Waals surface area contributed by atoms with E-state index in [1.807, 2.05) is 42.5 Å². The van der Waals surface area contributed by atoms with E-state index in [4.69, 9.17) is 4.74 Å². The monoisotopic (exact) mass is 594 g/mol. The molecule has 0 N–H and O–H groups in total. The quantitative estimate of drug-likeness (QED) is 0.165. The Balaban J connectivity index is 1.06. The van der Waals surface area contributed by atoms with Gasteiger partial charge < -0.3 is 4.74 Å². The Morgan fingerprint density at radius 1 is 0.864 bits per heavy atom. The van der Waals surface area contributed by atoms with Gasteiger partial charge in [-0.25, -0.2) is 4.79 Å². The lowest BCUT2D eigenvalue weighted by molar-refractivity contribution is -0.0594. The summed E-state index contributed by atoms with van der Waals surface area (Å²) in [6.07, 6.45) is 16.6. The van der Waals surface area contributed by atoms with Crippen LogP contribution in [0.2, 0.25) is 0 Å². The van der Waals surface area contributed by atoms with Gasteiger partial charge in [-0.3, -0.25) is 0 Å². The summed E-state index contributed by atoms with van der Waals surface area (Å²) in [4.78, 5) is 13.1. The molecule has 236 valence electrons. The maximum Gasteiger partial charge on any atom is 0.338 e. The zero-order valence-corrected chi connectivity index (χ0v) is 27.8. The van der Waals surface area contributed by atoms with Crippen molar-refractivity contribution >= 4 is 17.3 Å². The van der Waals surface area contributed by atoms with Crippen LogP contribution in [0.3, 0.4) is 0 Å². The van der Waals surface area contributed by atoms with Crippen molar-refractivity contribution in [3.8, 4) is 0 Å². The van der Waals surface area contributed by atoms with Crippen LogP contribution < -0.4 is 0 Å². The molecule has 0 bridgehead atoms. The number of ether oxygens (including phenoxy) is 1. The second-order valence-corrected chi connectivity index (χ2v) is 15.6. The van der Waals surface area contributed by atoms with Gasteiger partial charge in [-0.2, -0.15) is 10.2 Å². The van der Waals surface area contributed by atoms with E-state index in [2.05, 4.69) is 50.9 Å². The van der Waals surface area contributed by atoms with Crippen LogP contribution in [-0.4, -0.2) is 12.1 Å². The number of allylic oxidation sites excluding steroid dienone is 1. The molecule has 0 aromatic heterocycles. The van der Waals surface area contributed by atoms with Crippen LogP contribution in [0.25, 0.3) is 0 Å². The predicted molar refractivity (Wildman–Crippen MR) is 179 cm³/mol. The van der Waals surface area contributed by atoms with E-state index in [-0.39, 0.29) is 17.5 Å². The van der Waals surface area contributed by atoms with Gasteiger partial charge in [0.15, 0.2) is 0 Å². The average Bonchev–Trinajstić information content (AvgIpc) is 3.38. The van der Waals surface area contributed by atoms with Crippen LogP contribution in [0.5, 0.6) is 0 Å². The Labute approximate surface area is 266 Å². The van der Waals surface area contributed by atoms with E-state index in [1.54, 1.807) is 17.7 Å². The van der Waals surface area contributed by atoms with E-state index in [9.17, 15) is 4.79 Å². The zero-order valence-electron chi connectivity index (χ0n) is 27.8. The highest BCUT2D eigenvalue weighted by Gasteiger charge is 2.59. The topological polar surface area (TPSA) is 51.0 Å². The third-order valence-electron chi connectivity index (χ3n) is 12.7. The van der Waals surface area contributed by atoms with Crippen molar-refractivity contribution in [3.05, 3.63) is 71.8 Å². The minimum Gasteiger partial charge on any atom is -0.458 e. The first kappa shape index (κ1) is 31.2. The molecule has 0 spiro atoms. The second kappa shape index (κ2) is 12.9. The number of nitrogens with zero attached hydrogens (tertiary/aromatic N) is 2. The molecule has 6 rings (SSSR count). The van der Waals surface area contributed by atoms with Gasteiger partial charge in [0.25, 0.3) is 0 Å².